The molecule has 2 aliphatic rings. The van der Waals surface area contributed by atoms with E-state index in [2.05, 4.69) is 171 Å². The van der Waals surface area contributed by atoms with Gasteiger partial charge in [0.05, 0.1) is 0 Å². The molecule has 2 heterocycles. The van der Waals surface area contributed by atoms with Gasteiger partial charge in [-0.15, -0.1) is 0 Å². The molecular formula is C52H46ClN2O2+. The first kappa shape index (κ1) is 36.5. The molecule has 0 amide bonds. The summed E-state index contributed by atoms with van der Waals surface area (Å²) in [6, 6.07) is 45.1. The zero-order valence-corrected chi connectivity index (χ0v) is 33.7. The molecule has 5 heteroatoms. The lowest BCUT2D eigenvalue weighted by Gasteiger charge is -2.22. The summed E-state index contributed by atoms with van der Waals surface area (Å²) in [5, 5.41) is 7.92. The third kappa shape index (κ3) is 7.46. The zero-order chi connectivity index (χ0) is 39.0. The van der Waals surface area contributed by atoms with Crippen LogP contribution in [0.1, 0.15) is 42.4 Å². The topological polar surface area (TPSA) is 28.6 Å². The number of allylic oxidation sites excluding steroid dienone is 7. The van der Waals surface area contributed by atoms with Gasteiger partial charge >= 0.3 is 0 Å². The van der Waals surface area contributed by atoms with Crippen LogP contribution in [-0.2, 0) is 6.42 Å². The summed E-state index contributed by atoms with van der Waals surface area (Å²) in [5.41, 5.74) is 10.1. The van der Waals surface area contributed by atoms with Gasteiger partial charge in [-0.3, -0.25) is 0 Å². The summed E-state index contributed by atoms with van der Waals surface area (Å²) in [7, 11) is 8.29. The van der Waals surface area contributed by atoms with E-state index in [0.717, 1.165) is 98.7 Å². The Hall–Kier alpha value is -6.10. The Bertz CT molecular complexity index is 2890. The van der Waals surface area contributed by atoms with E-state index in [0.29, 0.717) is 0 Å². The van der Waals surface area contributed by atoms with Crippen molar-refractivity contribution in [1.29, 1.82) is 0 Å². The van der Waals surface area contributed by atoms with Crippen LogP contribution in [0.15, 0.2) is 166 Å². The largest absolute Gasteiger partial charge is 0.456 e. The minimum Gasteiger partial charge on any atom is -0.456 e. The van der Waals surface area contributed by atoms with Gasteiger partial charge in [-0.2, -0.15) is 0 Å². The zero-order valence-electron chi connectivity index (χ0n) is 33.0. The van der Waals surface area contributed by atoms with Crippen LogP contribution in [0.5, 0.6) is 5.75 Å². The van der Waals surface area contributed by atoms with Crippen molar-refractivity contribution in [2.45, 2.75) is 32.1 Å². The van der Waals surface area contributed by atoms with Crippen molar-refractivity contribution in [1.82, 2.24) is 4.58 Å². The van der Waals surface area contributed by atoms with Gasteiger partial charge in [0.15, 0.2) is 5.36 Å². The molecule has 0 atom stereocenters. The highest BCUT2D eigenvalue weighted by molar-refractivity contribution is 6.32. The Morgan fingerprint density at radius 2 is 1.44 bits per heavy atom. The number of nitrogens with zero attached hydrogens (tertiary/aromatic N) is 2. The summed E-state index contributed by atoms with van der Waals surface area (Å²) >= 11 is 7.36. The molecule has 282 valence electrons. The quantitative estimate of drug-likeness (QED) is 0.119. The fraction of sp³-hybridized carbons (Fsp3) is 0.173. The Morgan fingerprint density at radius 1 is 0.702 bits per heavy atom. The lowest BCUT2D eigenvalue weighted by Crippen LogP contribution is -2.20. The lowest BCUT2D eigenvalue weighted by atomic mass is 9.89. The van der Waals surface area contributed by atoms with Gasteiger partial charge in [-0.1, -0.05) is 96.1 Å². The van der Waals surface area contributed by atoms with Crippen LogP contribution < -0.4 is 19.6 Å². The van der Waals surface area contributed by atoms with E-state index in [-0.39, 0.29) is 0 Å². The van der Waals surface area contributed by atoms with Gasteiger partial charge in [0.25, 0.3) is 0 Å². The molecule has 0 fully saturated rings. The normalized spacial score (nSPS) is 15.6. The second-order valence-corrected chi connectivity index (χ2v) is 16.0. The summed E-state index contributed by atoms with van der Waals surface area (Å²) in [5.74, 6) is 2.57. The first-order chi connectivity index (χ1) is 27.8. The maximum atomic E-state index is 7.36. The third-order valence-electron chi connectivity index (χ3n) is 11.4. The standard InChI is InChI=1S/C52H46ClN2O2/c1-54(2)44-24-22-38-28-46-40(30-48(34-12-7-5-8-13-34)56-50(46)32-42(38)26-44)20-18-36-16-11-17-37(52(36)53)19-21-41-31-49(35-14-9-6-10-15-35)57-51-33-43-27-45(55(3)4)25-23-39(43)29-47(41)51/h5-10,12-15,18,20,22-33H,11,16-17,19,21H2,1-4H3/q+1/b36-18+,40-20-. The van der Waals surface area contributed by atoms with Crippen LogP contribution in [-0.4, -0.2) is 28.2 Å². The van der Waals surface area contributed by atoms with Crippen LogP contribution >= 0.6 is 11.6 Å². The summed E-state index contributed by atoms with van der Waals surface area (Å²) in [6.45, 7) is 0. The first-order valence-electron chi connectivity index (χ1n) is 19.8. The second kappa shape index (κ2) is 15.4. The Labute approximate surface area is 339 Å². The average molecular weight is 766 g/mol. The van der Waals surface area contributed by atoms with Crippen molar-refractivity contribution < 1.29 is 9.15 Å². The van der Waals surface area contributed by atoms with Gasteiger partial charge in [0.1, 0.15) is 36.9 Å². The van der Waals surface area contributed by atoms with Crippen LogP contribution in [0.2, 0.25) is 0 Å². The molecule has 0 saturated heterocycles. The maximum absolute atomic E-state index is 7.36. The molecule has 0 N–H and O–H groups in total. The molecule has 1 aliphatic carbocycles. The lowest BCUT2D eigenvalue weighted by molar-refractivity contribution is 0.510. The third-order valence-corrected chi connectivity index (χ3v) is 11.9. The molecule has 1 aromatic heterocycles. The van der Waals surface area contributed by atoms with Gasteiger partial charge in [0.2, 0.25) is 0 Å². The van der Waals surface area contributed by atoms with E-state index in [1.54, 1.807) is 0 Å². The molecule has 4 nitrogen and oxygen atoms in total. The van der Waals surface area contributed by atoms with Gasteiger partial charge < -0.3 is 14.1 Å². The number of hydrogen-bond acceptors (Lipinski definition) is 3. The Morgan fingerprint density at radius 3 is 2.21 bits per heavy atom. The number of aryl methyl sites for hydroxylation is 1. The molecule has 0 bridgehead atoms. The minimum absolute atomic E-state index is 0.837. The molecule has 9 rings (SSSR count). The number of halogens is 1. The summed E-state index contributed by atoms with van der Waals surface area (Å²) < 4.78 is 15.4. The highest BCUT2D eigenvalue weighted by Crippen LogP contribution is 2.42. The SMILES string of the molecule is CN(C)c1ccc2cc3c(cc2c1)OC(c1ccccc1)=C/C3=C/C=C1\CCCC(CCc2cc(-c3ccccc3)oc3cc4cc(=[N+](C)C)ccc4cc23)=C1Cl. The van der Waals surface area contributed by atoms with Crippen molar-refractivity contribution in [3.8, 4) is 17.1 Å². The molecule has 6 aromatic carbocycles. The van der Waals surface area contributed by atoms with Crippen molar-refractivity contribution >= 4 is 61.1 Å². The Balaban J connectivity index is 1.08. The monoisotopic (exact) mass is 765 g/mol. The molecule has 0 saturated carbocycles. The smallest absolute Gasteiger partial charge is 0.200 e. The van der Waals surface area contributed by atoms with E-state index < -0.39 is 0 Å². The van der Waals surface area contributed by atoms with E-state index in [1.165, 1.54) is 38.2 Å². The number of anilines is 1. The molecule has 0 spiro atoms. The molecular weight excluding hydrogens is 720 g/mol. The number of hydrogen-bond donors (Lipinski definition) is 0. The van der Waals surface area contributed by atoms with Gasteiger partial charge in [-0.25, -0.2) is 4.58 Å². The first-order valence-corrected chi connectivity index (χ1v) is 20.2. The van der Waals surface area contributed by atoms with E-state index in [9.17, 15) is 0 Å². The fourth-order valence-corrected chi connectivity index (χ4v) is 8.47. The summed E-state index contributed by atoms with van der Waals surface area (Å²) in [6.07, 6.45) is 11.4. The van der Waals surface area contributed by atoms with Crippen LogP contribution in [0, 0.1) is 0 Å². The fourth-order valence-electron chi connectivity index (χ4n) is 8.12. The summed E-state index contributed by atoms with van der Waals surface area (Å²) in [4.78, 5) is 2.13. The van der Waals surface area contributed by atoms with E-state index in [4.69, 9.17) is 20.8 Å². The second-order valence-electron chi connectivity index (χ2n) is 15.6. The molecule has 1 aliphatic heterocycles. The van der Waals surface area contributed by atoms with Crippen molar-refractivity contribution in [2.24, 2.45) is 0 Å². The predicted molar refractivity (Wildman–Crippen MR) is 241 cm³/mol. The Kier molecular flexibility index (Phi) is 9.90. The average Bonchev–Trinajstić information content (AvgIpc) is 3.24. The molecule has 7 aromatic rings. The van der Waals surface area contributed by atoms with Crippen LogP contribution in [0.4, 0.5) is 5.69 Å². The predicted octanol–water partition coefficient (Wildman–Crippen LogP) is 12.6. The highest BCUT2D eigenvalue weighted by Gasteiger charge is 2.21. The maximum Gasteiger partial charge on any atom is 0.200 e. The molecule has 0 radical (unpaired) electrons. The minimum atomic E-state index is 0.837. The number of fused-ring (bicyclic) bond motifs is 4. The number of benzene rings is 6. The van der Waals surface area contributed by atoms with E-state index in [1.807, 2.05) is 12.1 Å². The molecule has 0 unspecified atom stereocenters. The van der Waals surface area contributed by atoms with Crippen molar-refractivity contribution in [2.75, 3.05) is 33.1 Å². The number of ether oxygens (including phenoxy) is 1. The van der Waals surface area contributed by atoms with Gasteiger partial charge in [-0.05, 0) is 125 Å². The molecule has 57 heavy (non-hydrogen) atoms. The van der Waals surface area contributed by atoms with Crippen LogP contribution in [0.3, 0.4) is 0 Å². The van der Waals surface area contributed by atoms with Crippen LogP contribution in [0.25, 0.3) is 55.2 Å². The van der Waals surface area contributed by atoms with Crippen molar-refractivity contribution in [3.05, 3.63) is 184 Å². The number of rotatable bonds is 7. The van der Waals surface area contributed by atoms with Crippen molar-refractivity contribution in [3.63, 3.8) is 0 Å². The van der Waals surface area contributed by atoms with Gasteiger partial charge in [0, 0.05) is 59.0 Å². The highest BCUT2D eigenvalue weighted by atomic mass is 35.5. The van der Waals surface area contributed by atoms with E-state index >= 15 is 0 Å².